The van der Waals surface area contributed by atoms with Crippen molar-refractivity contribution < 1.29 is 9.59 Å². The highest BCUT2D eigenvalue weighted by Gasteiger charge is 2.22. The van der Waals surface area contributed by atoms with Gasteiger partial charge in [-0.3, -0.25) is 9.59 Å². The summed E-state index contributed by atoms with van der Waals surface area (Å²) in [4.78, 5) is 23.1. The van der Waals surface area contributed by atoms with Gasteiger partial charge in [-0.2, -0.15) is 0 Å². The number of anilines is 1. The summed E-state index contributed by atoms with van der Waals surface area (Å²) >= 11 is 0. The van der Waals surface area contributed by atoms with Gasteiger partial charge in [0.1, 0.15) is 0 Å². The second-order valence-corrected chi connectivity index (χ2v) is 4.78. The van der Waals surface area contributed by atoms with Crippen LogP contribution in [0.2, 0.25) is 0 Å². The van der Waals surface area contributed by atoms with E-state index in [0.29, 0.717) is 6.54 Å². The Hall–Kier alpha value is -2.62. The summed E-state index contributed by atoms with van der Waals surface area (Å²) in [7, 11) is 0. The fraction of sp³-hybridized carbons (Fsp3) is 0.125. The third-order valence-electron chi connectivity index (χ3n) is 3.31. The molecule has 0 aliphatic carbocycles. The van der Waals surface area contributed by atoms with Crippen LogP contribution in [0.5, 0.6) is 0 Å². The van der Waals surface area contributed by atoms with Crippen LogP contribution in [0.25, 0.3) is 11.1 Å². The number of fused-ring (bicyclic) bond motifs is 1. The van der Waals surface area contributed by atoms with Crippen LogP contribution in [0.1, 0.15) is 22.8 Å². The summed E-state index contributed by atoms with van der Waals surface area (Å²) in [5.41, 5.74) is 4.28. The number of rotatable bonds is 2. The van der Waals surface area contributed by atoms with Gasteiger partial charge in [0, 0.05) is 19.2 Å². The Bertz CT molecular complexity index is 707. The third-order valence-corrected chi connectivity index (χ3v) is 3.31. The van der Waals surface area contributed by atoms with Gasteiger partial charge in [0.05, 0.1) is 5.56 Å². The Labute approximate surface area is 116 Å². The third kappa shape index (κ3) is 2.16. The first-order valence-electron chi connectivity index (χ1n) is 6.43. The summed E-state index contributed by atoms with van der Waals surface area (Å²) in [5.74, 6) is -0.154. The minimum atomic E-state index is -0.113. The van der Waals surface area contributed by atoms with Crippen LogP contribution in [0.4, 0.5) is 5.69 Å². The highest BCUT2D eigenvalue weighted by molar-refractivity contribution is 6.04. The molecule has 0 saturated heterocycles. The zero-order valence-corrected chi connectivity index (χ0v) is 11.1. The maximum absolute atomic E-state index is 11.9. The largest absolute Gasteiger partial charge is 0.348 e. The van der Waals surface area contributed by atoms with Crippen molar-refractivity contribution in [2.24, 2.45) is 0 Å². The predicted molar refractivity (Wildman–Crippen MR) is 77.4 cm³/mol. The van der Waals surface area contributed by atoms with Crippen molar-refractivity contribution >= 4 is 17.5 Å². The fourth-order valence-corrected chi connectivity index (χ4v) is 2.49. The van der Waals surface area contributed by atoms with Gasteiger partial charge >= 0.3 is 0 Å². The van der Waals surface area contributed by atoms with Crippen molar-refractivity contribution in [3.63, 3.8) is 0 Å². The van der Waals surface area contributed by atoms with Crippen molar-refractivity contribution in [1.29, 1.82) is 0 Å². The SMILES string of the molecule is CC(=O)Nc1cccc(-c2cccc3c2C(=O)NC3)c1. The van der Waals surface area contributed by atoms with Crippen molar-refractivity contribution in [2.75, 3.05) is 5.32 Å². The van der Waals surface area contributed by atoms with E-state index in [1.54, 1.807) is 0 Å². The topological polar surface area (TPSA) is 58.2 Å². The molecular weight excluding hydrogens is 252 g/mol. The molecular formula is C16H14N2O2. The highest BCUT2D eigenvalue weighted by atomic mass is 16.2. The minimum Gasteiger partial charge on any atom is -0.348 e. The predicted octanol–water partition coefficient (Wildman–Crippen LogP) is 2.56. The quantitative estimate of drug-likeness (QED) is 0.877. The lowest BCUT2D eigenvalue weighted by Crippen LogP contribution is -2.13. The standard InChI is InChI=1S/C16H14N2O2/c1-10(19)18-13-6-2-4-11(8-13)14-7-3-5-12-9-17-16(20)15(12)14/h2-8H,9H2,1H3,(H,17,20)(H,18,19). The van der Waals surface area contributed by atoms with Crippen molar-refractivity contribution in [3.05, 3.63) is 53.6 Å². The van der Waals surface area contributed by atoms with Gasteiger partial charge in [-0.25, -0.2) is 0 Å². The van der Waals surface area contributed by atoms with Gasteiger partial charge < -0.3 is 10.6 Å². The summed E-state index contributed by atoms with van der Waals surface area (Å²) in [6, 6.07) is 13.3. The molecule has 0 saturated carbocycles. The first-order chi connectivity index (χ1) is 9.65. The number of hydrogen-bond acceptors (Lipinski definition) is 2. The average molecular weight is 266 g/mol. The smallest absolute Gasteiger partial charge is 0.252 e. The molecule has 0 spiro atoms. The van der Waals surface area contributed by atoms with E-state index in [4.69, 9.17) is 0 Å². The Balaban J connectivity index is 2.08. The van der Waals surface area contributed by atoms with Crippen LogP contribution in [0, 0.1) is 0 Å². The average Bonchev–Trinajstić information content (AvgIpc) is 2.80. The van der Waals surface area contributed by atoms with E-state index in [9.17, 15) is 9.59 Å². The van der Waals surface area contributed by atoms with Crippen LogP contribution in [0.15, 0.2) is 42.5 Å². The molecule has 2 aromatic rings. The number of benzene rings is 2. The molecule has 0 aromatic heterocycles. The molecule has 3 rings (SSSR count). The van der Waals surface area contributed by atoms with E-state index < -0.39 is 0 Å². The molecule has 100 valence electrons. The lowest BCUT2D eigenvalue weighted by Gasteiger charge is -2.09. The highest BCUT2D eigenvalue weighted by Crippen LogP contribution is 2.30. The molecule has 4 heteroatoms. The van der Waals surface area contributed by atoms with Gasteiger partial charge in [0.15, 0.2) is 0 Å². The van der Waals surface area contributed by atoms with Crippen molar-refractivity contribution in [3.8, 4) is 11.1 Å². The zero-order valence-electron chi connectivity index (χ0n) is 11.1. The zero-order chi connectivity index (χ0) is 14.1. The molecule has 0 unspecified atom stereocenters. The second kappa shape index (κ2) is 4.81. The fourth-order valence-electron chi connectivity index (χ4n) is 2.49. The lowest BCUT2D eigenvalue weighted by molar-refractivity contribution is -0.114. The molecule has 2 N–H and O–H groups in total. The second-order valence-electron chi connectivity index (χ2n) is 4.78. The minimum absolute atomic E-state index is 0.0412. The summed E-state index contributed by atoms with van der Waals surface area (Å²) in [6.45, 7) is 2.05. The van der Waals surface area contributed by atoms with E-state index in [1.165, 1.54) is 6.92 Å². The van der Waals surface area contributed by atoms with E-state index in [-0.39, 0.29) is 11.8 Å². The van der Waals surface area contributed by atoms with E-state index in [0.717, 1.165) is 27.9 Å². The molecule has 1 aliphatic rings. The molecule has 0 atom stereocenters. The van der Waals surface area contributed by atoms with Crippen LogP contribution in [-0.2, 0) is 11.3 Å². The monoisotopic (exact) mass is 266 g/mol. The Morgan fingerprint density at radius 1 is 1.20 bits per heavy atom. The molecule has 1 heterocycles. The van der Waals surface area contributed by atoms with E-state index in [1.807, 2.05) is 42.5 Å². The van der Waals surface area contributed by atoms with Crippen molar-refractivity contribution in [1.82, 2.24) is 5.32 Å². The van der Waals surface area contributed by atoms with E-state index >= 15 is 0 Å². The van der Waals surface area contributed by atoms with Crippen LogP contribution < -0.4 is 10.6 Å². The maximum atomic E-state index is 11.9. The first-order valence-corrected chi connectivity index (χ1v) is 6.43. The van der Waals surface area contributed by atoms with Crippen LogP contribution >= 0.6 is 0 Å². The first kappa shape index (κ1) is 12.4. The Morgan fingerprint density at radius 3 is 2.80 bits per heavy atom. The molecule has 2 aromatic carbocycles. The van der Waals surface area contributed by atoms with Gasteiger partial charge in [-0.1, -0.05) is 30.3 Å². The number of carbonyl (C=O) groups is 2. The number of hydrogen-bond donors (Lipinski definition) is 2. The molecule has 0 radical (unpaired) electrons. The van der Waals surface area contributed by atoms with Gasteiger partial charge in [0.25, 0.3) is 5.91 Å². The lowest BCUT2D eigenvalue weighted by atomic mass is 9.96. The number of nitrogens with one attached hydrogen (secondary N) is 2. The van der Waals surface area contributed by atoms with Crippen LogP contribution in [0.3, 0.4) is 0 Å². The van der Waals surface area contributed by atoms with Crippen molar-refractivity contribution in [2.45, 2.75) is 13.5 Å². The summed E-state index contributed by atoms with van der Waals surface area (Å²) < 4.78 is 0. The molecule has 4 nitrogen and oxygen atoms in total. The van der Waals surface area contributed by atoms with Gasteiger partial charge in [0.2, 0.25) is 5.91 Å². The Kier molecular flexibility index (Phi) is 2.99. The normalized spacial score (nSPS) is 12.8. The number of amides is 2. The summed E-state index contributed by atoms with van der Waals surface area (Å²) in [6.07, 6.45) is 0. The molecule has 2 amide bonds. The molecule has 1 aliphatic heterocycles. The van der Waals surface area contributed by atoms with Gasteiger partial charge in [-0.15, -0.1) is 0 Å². The van der Waals surface area contributed by atoms with E-state index in [2.05, 4.69) is 10.6 Å². The molecule has 0 bridgehead atoms. The molecule has 0 fully saturated rings. The van der Waals surface area contributed by atoms with Crippen LogP contribution in [-0.4, -0.2) is 11.8 Å². The summed E-state index contributed by atoms with van der Waals surface area (Å²) in [5, 5.41) is 5.59. The maximum Gasteiger partial charge on any atom is 0.252 e. The van der Waals surface area contributed by atoms with Gasteiger partial charge in [-0.05, 0) is 28.8 Å². The Morgan fingerprint density at radius 2 is 2.00 bits per heavy atom. The molecule has 20 heavy (non-hydrogen) atoms. The number of carbonyl (C=O) groups excluding carboxylic acids is 2.